The minimum Gasteiger partial charge on any atom is -0.299 e. The Morgan fingerprint density at radius 1 is 1.47 bits per heavy atom. The van der Waals surface area contributed by atoms with Crippen molar-refractivity contribution in [1.82, 2.24) is 9.62 Å². The second kappa shape index (κ2) is 5.87. The number of hydrogen-bond donors (Lipinski definition) is 1. The Hall–Kier alpha value is 0.150. The Balaban J connectivity index is 2.09. The lowest BCUT2D eigenvalue weighted by Crippen LogP contribution is -2.38. The number of thiophene rings is 1. The molecule has 0 aliphatic carbocycles. The number of rotatable bonds is 4. The van der Waals surface area contributed by atoms with E-state index in [0.29, 0.717) is 10.4 Å². The molecule has 1 atom stereocenters. The Bertz CT molecular complexity index is 557. The maximum Gasteiger partial charge on any atom is 0.243 e. The summed E-state index contributed by atoms with van der Waals surface area (Å²) in [5.41, 5.74) is 0. The topological polar surface area (TPSA) is 49.4 Å². The van der Waals surface area contributed by atoms with Gasteiger partial charge in [-0.3, -0.25) is 4.90 Å². The van der Waals surface area contributed by atoms with Crippen LogP contribution in [-0.4, -0.2) is 38.5 Å². The molecule has 1 aromatic rings. The number of likely N-dealkylation sites (tertiary alicyclic amines) is 1. The van der Waals surface area contributed by atoms with Gasteiger partial charge in [-0.05, 0) is 26.3 Å². The summed E-state index contributed by atoms with van der Waals surface area (Å²) in [4.78, 5) is 2.32. The van der Waals surface area contributed by atoms with Crippen LogP contribution in [-0.2, 0) is 10.0 Å². The van der Waals surface area contributed by atoms with Crippen LogP contribution >= 0.6 is 34.5 Å². The van der Waals surface area contributed by atoms with Gasteiger partial charge in [0.15, 0.2) is 0 Å². The normalized spacial score (nSPS) is 21.4. The zero-order valence-corrected chi connectivity index (χ0v) is 13.8. The molecule has 1 fully saturated rings. The van der Waals surface area contributed by atoms with Gasteiger partial charge in [0.2, 0.25) is 10.0 Å². The quantitative estimate of drug-likeness (QED) is 0.915. The van der Waals surface area contributed by atoms with Crippen LogP contribution in [0.2, 0.25) is 8.67 Å². The minimum absolute atomic E-state index is 0.0675. The highest BCUT2D eigenvalue weighted by molar-refractivity contribution is 7.89. The largest absolute Gasteiger partial charge is 0.299 e. The van der Waals surface area contributed by atoms with E-state index in [2.05, 4.69) is 23.5 Å². The summed E-state index contributed by atoms with van der Waals surface area (Å²) < 4.78 is 27.8. The summed E-state index contributed by atoms with van der Waals surface area (Å²) in [6.45, 7) is 5.84. The van der Waals surface area contributed by atoms with E-state index in [9.17, 15) is 8.42 Å². The molecular formula is C11H16Cl2N2O2S2. The van der Waals surface area contributed by atoms with Crippen LogP contribution in [0.1, 0.15) is 20.3 Å². The first kappa shape index (κ1) is 15.5. The lowest BCUT2D eigenvalue weighted by molar-refractivity contribution is 0.271. The van der Waals surface area contributed by atoms with E-state index >= 15 is 0 Å². The molecule has 19 heavy (non-hydrogen) atoms. The molecule has 0 spiro atoms. The molecule has 108 valence electrons. The first-order valence-electron chi connectivity index (χ1n) is 6.01. The fraction of sp³-hybridized carbons (Fsp3) is 0.636. The van der Waals surface area contributed by atoms with E-state index < -0.39 is 10.0 Å². The molecule has 0 unspecified atom stereocenters. The monoisotopic (exact) mass is 342 g/mol. The molecule has 2 heterocycles. The summed E-state index contributed by atoms with van der Waals surface area (Å²) in [7, 11) is -3.59. The molecule has 1 N–H and O–H groups in total. The molecule has 8 heteroatoms. The Kier molecular flexibility index (Phi) is 4.80. The van der Waals surface area contributed by atoms with Crippen LogP contribution in [0.5, 0.6) is 0 Å². The van der Waals surface area contributed by atoms with Gasteiger partial charge in [-0.1, -0.05) is 23.2 Å². The van der Waals surface area contributed by atoms with E-state index in [1.165, 1.54) is 6.07 Å². The lowest BCUT2D eigenvalue weighted by atomic mass is 10.3. The van der Waals surface area contributed by atoms with Crippen molar-refractivity contribution in [1.29, 1.82) is 0 Å². The van der Waals surface area contributed by atoms with Crippen LogP contribution in [0, 0.1) is 0 Å². The van der Waals surface area contributed by atoms with Gasteiger partial charge in [0.05, 0.1) is 4.34 Å². The molecule has 0 radical (unpaired) electrons. The first-order chi connectivity index (χ1) is 8.79. The zero-order valence-electron chi connectivity index (χ0n) is 10.7. The predicted molar refractivity (Wildman–Crippen MR) is 79.8 cm³/mol. The van der Waals surface area contributed by atoms with Crippen molar-refractivity contribution in [2.45, 2.75) is 37.2 Å². The highest BCUT2D eigenvalue weighted by Gasteiger charge is 2.30. The second-order valence-corrected chi connectivity index (χ2v) is 8.85. The summed E-state index contributed by atoms with van der Waals surface area (Å²) in [5, 5.41) is 0. The van der Waals surface area contributed by atoms with Crippen molar-refractivity contribution < 1.29 is 8.42 Å². The van der Waals surface area contributed by atoms with Gasteiger partial charge in [0, 0.05) is 25.2 Å². The van der Waals surface area contributed by atoms with Crippen LogP contribution in [0.15, 0.2) is 11.0 Å². The third-order valence-corrected chi connectivity index (χ3v) is 6.46. The maximum atomic E-state index is 12.2. The molecule has 1 saturated heterocycles. The van der Waals surface area contributed by atoms with Crippen LogP contribution < -0.4 is 4.72 Å². The molecule has 0 saturated carbocycles. The number of hydrogen-bond acceptors (Lipinski definition) is 4. The molecule has 0 aromatic carbocycles. The molecule has 0 amide bonds. The van der Waals surface area contributed by atoms with Crippen molar-refractivity contribution in [3.05, 3.63) is 14.7 Å². The van der Waals surface area contributed by atoms with E-state index in [4.69, 9.17) is 23.2 Å². The third-order valence-electron chi connectivity index (χ3n) is 3.19. The lowest BCUT2D eigenvalue weighted by Gasteiger charge is -2.20. The summed E-state index contributed by atoms with van der Waals surface area (Å²) >= 11 is 12.7. The average molecular weight is 343 g/mol. The summed E-state index contributed by atoms with van der Waals surface area (Å²) in [5.74, 6) is 0. The van der Waals surface area contributed by atoms with Gasteiger partial charge < -0.3 is 0 Å². The number of halogens is 2. The second-order valence-electron chi connectivity index (χ2n) is 4.88. The molecule has 1 aliphatic rings. The van der Waals surface area contributed by atoms with Gasteiger partial charge in [0.25, 0.3) is 0 Å². The zero-order chi connectivity index (χ0) is 14.2. The van der Waals surface area contributed by atoms with Crippen LogP contribution in [0.3, 0.4) is 0 Å². The molecule has 1 aromatic heterocycles. The van der Waals surface area contributed by atoms with Crippen LogP contribution in [0.4, 0.5) is 0 Å². The molecule has 2 rings (SSSR count). The molecule has 0 bridgehead atoms. The van der Waals surface area contributed by atoms with Gasteiger partial charge in [-0.15, -0.1) is 11.3 Å². The van der Waals surface area contributed by atoms with E-state index in [0.717, 1.165) is 30.8 Å². The van der Waals surface area contributed by atoms with Gasteiger partial charge in [-0.25, -0.2) is 13.1 Å². The highest BCUT2D eigenvalue weighted by atomic mass is 35.5. The fourth-order valence-corrected chi connectivity index (χ4v) is 5.55. The maximum absolute atomic E-state index is 12.2. The van der Waals surface area contributed by atoms with Crippen molar-refractivity contribution in [3.8, 4) is 0 Å². The van der Waals surface area contributed by atoms with Crippen molar-refractivity contribution in [2.24, 2.45) is 0 Å². The summed E-state index contributed by atoms with van der Waals surface area (Å²) in [6, 6.07) is 1.75. The van der Waals surface area contributed by atoms with E-state index in [-0.39, 0.29) is 15.3 Å². The van der Waals surface area contributed by atoms with Crippen molar-refractivity contribution in [2.75, 3.05) is 13.1 Å². The SMILES string of the molecule is CC(C)N1CC[C@@H](NS(=O)(=O)c2cc(Cl)sc2Cl)C1. The highest BCUT2D eigenvalue weighted by Crippen LogP contribution is 2.34. The van der Waals surface area contributed by atoms with Crippen molar-refractivity contribution >= 4 is 44.6 Å². The summed E-state index contributed by atoms with van der Waals surface area (Å²) in [6.07, 6.45) is 0.812. The van der Waals surface area contributed by atoms with Gasteiger partial charge >= 0.3 is 0 Å². The molecule has 1 aliphatic heterocycles. The Morgan fingerprint density at radius 2 is 2.16 bits per heavy atom. The fourth-order valence-electron chi connectivity index (χ4n) is 2.14. The van der Waals surface area contributed by atoms with Crippen LogP contribution in [0.25, 0.3) is 0 Å². The smallest absolute Gasteiger partial charge is 0.243 e. The van der Waals surface area contributed by atoms with E-state index in [1.807, 2.05) is 0 Å². The third kappa shape index (κ3) is 3.62. The number of nitrogens with zero attached hydrogens (tertiary/aromatic N) is 1. The average Bonchev–Trinajstić information content (AvgIpc) is 2.85. The number of nitrogens with one attached hydrogen (secondary N) is 1. The van der Waals surface area contributed by atoms with Gasteiger partial charge in [-0.2, -0.15) is 0 Å². The predicted octanol–water partition coefficient (Wildman–Crippen LogP) is 2.82. The molecular weight excluding hydrogens is 327 g/mol. The number of sulfonamides is 1. The van der Waals surface area contributed by atoms with E-state index in [1.54, 1.807) is 0 Å². The first-order valence-corrected chi connectivity index (χ1v) is 9.06. The van der Waals surface area contributed by atoms with Gasteiger partial charge in [0.1, 0.15) is 9.23 Å². The standard InChI is InChI=1S/C11H16Cl2N2O2S2/c1-7(2)15-4-3-8(6-15)14-19(16,17)9-5-10(12)18-11(9)13/h5,7-8,14H,3-4,6H2,1-2H3/t8-/m1/s1. The Labute approximate surface area is 127 Å². The Morgan fingerprint density at radius 3 is 2.63 bits per heavy atom. The molecule has 4 nitrogen and oxygen atoms in total. The van der Waals surface area contributed by atoms with Crippen molar-refractivity contribution in [3.63, 3.8) is 0 Å². The minimum atomic E-state index is -3.59.